The van der Waals surface area contributed by atoms with Crippen molar-refractivity contribution in [3.05, 3.63) is 90.5 Å². The highest BCUT2D eigenvalue weighted by molar-refractivity contribution is 6.11. The van der Waals surface area contributed by atoms with Crippen molar-refractivity contribution in [2.75, 3.05) is 11.1 Å². The van der Waals surface area contributed by atoms with Gasteiger partial charge in [0.1, 0.15) is 5.75 Å². The Hall–Kier alpha value is -4.72. The SMILES string of the molecule is Cc1cccc(Oc2ccc(NC(=O)c3n[nH]c4ccc(-c5cncc(N)c5)cc34)cn2)c1. The van der Waals surface area contributed by atoms with Crippen LogP contribution in [0.3, 0.4) is 0 Å². The zero-order valence-electron chi connectivity index (χ0n) is 17.7. The maximum atomic E-state index is 12.9. The summed E-state index contributed by atoms with van der Waals surface area (Å²) in [6, 6.07) is 18.7. The Kier molecular flexibility index (Phi) is 5.16. The summed E-state index contributed by atoms with van der Waals surface area (Å²) in [5, 5.41) is 10.6. The van der Waals surface area contributed by atoms with Gasteiger partial charge in [-0.25, -0.2) is 4.98 Å². The molecule has 162 valence electrons. The summed E-state index contributed by atoms with van der Waals surface area (Å²) in [5.74, 6) is 0.788. The average Bonchev–Trinajstić information content (AvgIpc) is 3.24. The first-order chi connectivity index (χ1) is 16.0. The van der Waals surface area contributed by atoms with Gasteiger partial charge in [-0.2, -0.15) is 5.10 Å². The molecule has 8 heteroatoms. The smallest absolute Gasteiger partial charge is 0.276 e. The van der Waals surface area contributed by atoms with Gasteiger partial charge in [0, 0.05) is 29.4 Å². The summed E-state index contributed by atoms with van der Waals surface area (Å²) in [6.45, 7) is 1.99. The predicted molar refractivity (Wildman–Crippen MR) is 127 cm³/mol. The van der Waals surface area contributed by atoms with Crippen molar-refractivity contribution in [1.29, 1.82) is 0 Å². The highest BCUT2D eigenvalue weighted by atomic mass is 16.5. The Morgan fingerprint density at radius 3 is 2.70 bits per heavy atom. The molecule has 0 spiro atoms. The fourth-order valence-corrected chi connectivity index (χ4v) is 3.49. The van der Waals surface area contributed by atoms with Gasteiger partial charge in [-0.15, -0.1) is 0 Å². The van der Waals surface area contributed by atoms with Crippen LogP contribution in [0.2, 0.25) is 0 Å². The molecule has 5 aromatic rings. The number of nitrogen functional groups attached to an aromatic ring is 1. The Morgan fingerprint density at radius 2 is 1.91 bits per heavy atom. The van der Waals surface area contributed by atoms with Crippen LogP contribution in [0.4, 0.5) is 11.4 Å². The highest BCUT2D eigenvalue weighted by Gasteiger charge is 2.16. The predicted octanol–water partition coefficient (Wildman–Crippen LogP) is 4.96. The first-order valence-corrected chi connectivity index (χ1v) is 10.3. The van der Waals surface area contributed by atoms with Crippen LogP contribution >= 0.6 is 0 Å². The molecule has 0 radical (unpaired) electrons. The van der Waals surface area contributed by atoms with Gasteiger partial charge in [-0.1, -0.05) is 18.2 Å². The summed E-state index contributed by atoms with van der Waals surface area (Å²) in [5.41, 5.74) is 10.8. The van der Waals surface area contributed by atoms with Gasteiger partial charge in [0.2, 0.25) is 5.88 Å². The standard InChI is InChI=1S/C25H20N6O2/c1-15-3-2-4-20(9-15)33-23-8-6-19(14-28-23)29-25(32)24-21-11-16(5-7-22(21)30-31-24)17-10-18(26)13-27-12-17/h2-14H,26H2,1H3,(H,29,32)(H,30,31). The van der Waals surface area contributed by atoms with Crippen molar-refractivity contribution >= 4 is 28.2 Å². The number of benzene rings is 2. The van der Waals surface area contributed by atoms with E-state index in [0.717, 1.165) is 22.2 Å². The van der Waals surface area contributed by atoms with Crippen LogP contribution in [0.25, 0.3) is 22.0 Å². The molecular weight excluding hydrogens is 416 g/mol. The number of carbonyl (C=O) groups excluding carboxylic acids is 1. The number of nitrogens with one attached hydrogen (secondary N) is 2. The second kappa shape index (κ2) is 8.43. The van der Waals surface area contributed by atoms with E-state index in [1.807, 2.05) is 55.5 Å². The van der Waals surface area contributed by atoms with E-state index in [-0.39, 0.29) is 11.6 Å². The minimum Gasteiger partial charge on any atom is -0.439 e. The number of aryl methyl sites for hydroxylation is 1. The highest BCUT2D eigenvalue weighted by Crippen LogP contribution is 2.27. The number of H-pyrrole nitrogens is 1. The number of aromatic amines is 1. The van der Waals surface area contributed by atoms with Crippen LogP contribution in [0, 0.1) is 6.92 Å². The number of nitrogens with two attached hydrogens (primary N) is 1. The van der Waals surface area contributed by atoms with E-state index >= 15 is 0 Å². The summed E-state index contributed by atoms with van der Waals surface area (Å²) in [7, 11) is 0. The summed E-state index contributed by atoms with van der Waals surface area (Å²) in [6.07, 6.45) is 4.86. The van der Waals surface area contributed by atoms with Crippen LogP contribution in [-0.2, 0) is 0 Å². The number of nitrogens with zero attached hydrogens (tertiary/aromatic N) is 3. The number of hydrogen-bond donors (Lipinski definition) is 3. The minimum absolute atomic E-state index is 0.281. The maximum absolute atomic E-state index is 12.9. The molecule has 8 nitrogen and oxygen atoms in total. The van der Waals surface area contributed by atoms with Crippen molar-refractivity contribution in [2.45, 2.75) is 6.92 Å². The number of carbonyl (C=O) groups is 1. The van der Waals surface area contributed by atoms with Gasteiger partial charge in [0.05, 0.1) is 23.1 Å². The zero-order valence-corrected chi connectivity index (χ0v) is 17.7. The molecule has 0 saturated carbocycles. The Labute approximate surface area is 189 Å². The zero-order chi connectivity index (χ0) is 22.8. The number of anilines is 2. The molecule has 0 unspecified atom stereocenters. The molecule has 3 aromatic heterocycles. The van der Waals surface area contributed by atoms with Crippen molar-refractivity contribution < 1.29 is 9.53 Å². The second-order valence-electron chi connectivity index (χ2n) is 7.60. The minimum atomic E-state index is -0.349. The summed E-state index contributed by atoms with van der Waals surface area (Å²) in [4.78, 5) is 21.3. The fraction of sp³-hybridized carbons (Fsp3) is 0.0400. The molecule has 0 saturated heterocycles. The Morgan fingerprint density at radius 1 is 1.00 bits per heavy atom. The molecule has 0 aliphatic rings. The van der Waals surface area contributed by atoms with Crippen LogP contribution in [0.1, 0.15) is 16.1 Å². The quantitative estimate of drug-likeness (QED) is 0.358. The van der Waals surface area contributed by atoms with Gasteiger partial charge in [0.25, 0.3) is 5.91 Å². The van der Waals surface area contributed by atoms with Gasteiger partial charge in [0.15, 0.2) is 5.69 Å². The van der Waals surface area contributed by atoms with Crippen LogP contribution in [0.5, 0.6) is 11.6 Å². The average molecular weight is 436 g/mol. The van der Waals surface area contributed by atoms with E-state index in [9.17, 15) is 4.79 Å². The Balaban J connectivity index is 1.35. The van der Waals surface area contributed by atoms with Gasteiger partial charge in [-0.05, 0) is 54.4 Å². The van der Waals surface area contributed by atoms with Crippen LogP contribution in [0.15, 0.2) is 79.3 Å². The molecule has 1 amide bonds. The topological polar surface area (TPSA) is 119 Å². The van der Waals surface area contributed by atoms with E-state index in [1.165, 1.54) is 0 Å². The fourth-order valence-electron chi connectivity index (χ4n) is 3.49. The molecule has 0 aliphatic carbocycles. The van der Waals surface area contributed by atoms with Crippen LogP contribution in [-0.4, -0.2) is 26.1 Å². The molecule has 5 rings (SSSR count). The third-order valence-corrected chi connectivity index (χ3v) is 5.08. The lowest BCUT2D eigenvalue weighted by Crippen LogP contribution is -2.13. The molecular formula is C25H20N6O2. The summed E-state index contributed by atoms with van der Waals surface area (Å²) >= 11 is 0. The number of amides is 1. The first kappa shape index (κ1) is 20.2. The van der Waals surface area contributed by atoms with E-state index in [1.54, 1.807) is 30.7 Å². The maximum Gasteiger partial charge on any atom is 0.276 e. The number of aromatic nitrogens is 4. The van der Waals surface area contributed by atoms with E-state index < -0.39 is 0 Å². The first-order valence-electron chi connectivity index (χ1n) is 10.3. The third kappa shape index (κ3) is 4.35. The molecule has 0 bridgehead atoms. The van der Waals surface area contributed by atoms with Crippen molar-refractivity contribution in [2.24, 2.45) is 0 Å². The molecule has 33 heavy (non-hydrogen) atoms. The van der Waals surface area contributed by atoms with Gasteiger partial charge >= 0.3 is 0 Å². The normalized spacial score (nSPS) is 10.8. The molecule has 3 heterocycles. The van der Waals surface area contributed by atoms with Gasteiger partial charge < -0.3 is 15.8 Å². The lowest BCUT2D eigenvalue weighted by molar-refractivity contribution is 0.102. The molecule has 2 aromatic carbocycles. The monoisotopic (exact) mass is 436 g/mol. The molecule has 0 fully saturated rings. The largest absolute Gasteiger partial charge is 0.439 e. The number of hydrogen-bond acceptors (Lipinski definition) is 6. The number of pyridine rings is 2. The third-order valence-electron chi connectivity index (χ3n) is 5.08. The molecule has 0 atom stereocenters. The lowest BCUT2D eigenvalue weighted by Gasteiger charge is -2.07. The number of ether oxygens (including phenoxy) is 1. The van der Waals surface area contributed by atoms with Crippen molar-refractivity contribution in [3.63, 3.8) is 0 Å². The lowest BCUT2D eigenvalue weighted by atomic mass is 10.0. The Bertz CT molecular complexity index is 1460. The van der Waals surface area contributed by atoms with E-state index in [0.29, 0.717) is 28.4 Å². The van der Waals surface area contributed by atoms with Crippen molar-refractivity contribution in [3.8, 4) is 22.8 Å². The van der Waals surface area contributed by atoms with Gasteiger partial charge in [-0.3, -0.25) is 14.9 Å². The summed E-state index contributed by atoms with van der Waals surface area (Å²) < 4.78 is 5.76. The number of rotatable bonds is 5. The van der Waals surface area contributed by atoms with Crippen LogP contribution < -0.4 is 15.8 Å². The molecule has 4 N–H and O–H groups in total. The van der Waals surface area contributed by atoms with E-state index in [2.05, 4.69) is 25.5 Å². The molecule has 0 aliphatic heterocycles. The second-order valence-corrected chi connectivity index (χ2v) is 7.60. The number of fused-ring (bicyclic) bond motifs is 1. The van der Waals surface area contributed by atoms with E-state index in [4.69, 9.17) is 10.5 Å². The van der Waals surface area contributed by atoms with Crippen molar-refractivity contribution in [1.82, 2.24) is 20.2 Å².